The van der Waals surface area contributed by atoms with Crippen molar-refractivity contribution in [3.05, 3.63) is 66.0 Å². The lowest BCUT2D eigenvalue weighted by atomic mass is 9.77. The lowest BCUT2D eigenvalue weighted by Crippen LogP contribution is -2.42. The Morgan fingerprint density at radius 2 is 1.68 bits per heavy atom. The van der Waals surface area contributed by atoms with Crippen molar-refractivity contribution in [3.63, 3.8) is 0 Å². The Morgan fingerprint density at radius 1 is 0.932 bits per heavy atom. The van der Waals surface area contributed by atoms with Crippen LogP contribution in [0, 0.1) is 29.1 Å². The Morgan fingerprint density at radius 3 is 2.36 bits per heavy atom. The summed E-state index contributed by atoms with van der Waals surface area (Å²) in [4.78, 5) is 28.4. The highest BCUT2D eigenvalue weighted by molar-refractivity contribution is 5.96. The van der Waals surface area contributed by atoms with Gasteiger partial charge in [-0.3, -0.25) is 14.3 Å². The molecular weight excluding hydrogens is 552 g/mol. The number of hydrogen-bond donors (Lipinski definition) is 0. The lowest BCUT2D eigenvalue weighted by Gasteiger charge is -2.36. The molecule has 1 amide bonds. The molecule has 0 aliphatic heterocycles. The van der Waals surface area contributed by atoms with Gasteiger partial charge in [0.25, 0.3) is 0 Å². The first kappa shape index (κ1) is 29.9. The smallest absolute Gasteiger partial charge is 0.308 e. The van der Waals surface area contributed by atoms with Crippen molar-refractivity contribution < 1.29 is 19.1 Å². The molecule has 0 atom stereocenters. The van der Waals surface area contributed by atoms with E-state index in [0.29, 0.717) is 61.4 Å². The summed E-state index contributed by atoms with van der Waals surface area (Å²) in [5.74, 6) is 1.18. The maximum atomic E-state index is 14.2. The van der Waals surface area contributed by atoms with Gasteiger partial charge in [0.2, 0.25) is 5.91 Å². The number of esters is 1. The molecule has 6 rings (SSSR count). The van der Waals surface area contributed by atoms with Gasteiger partial charge in [0, 0.05) is 29.9 Å². The molecule has 1 aromatic heterocycles. The molecule has 3 aromatic rings. The van der Waals surface area contributed by atoms with Crippen LogP contribution in [0.4, 0.5) is 5.69 Å². The number of carbonyl (C=O) groups excluding carboxylic acids is 2. The molecule has 0 radical (unpaired) electrons. The normalized spacial score (nSPS) is 23.4. The topological polar surface area (TPSA) is 97.5 Å². The van der Waals surface area contributed by atoms with Crippen LogP contribution in [0.3, 0.4) is 0 Å². The Hall–Kier alpha value is -4.12. The summed E-state index contributed by atoms with van der Waals surface area (Å²) >= 11 is 0. The molecule has 2 aromatic carbocycles. The maximum absolute atomic E-state index is 14.2. The van der Waals surface area contributed by atoms with E-state index >= 15 is 0 Å². The van der Waals surface area contributed by atoms with E-state index < -0.39 is 0 Å². The van der Waals surface area contributed by atoms with Crippen molar-refractivity contribution in [2.24, 2.45) is 17.8 Å². The third kappa shape index (κ3) is 6.52. The van der Waals surface area contributed by atoms with Crippen LogP contribution < -0.4 is 9.64 Å². The molecule has 230 valence electrons. The summed E-state index contributed by atoms with van der Waals surface area (Å²) < 4.78 is 12.4. The number of nitriles is 1. The average molecular weight is 595 g/mol. The van der Waals surface area contributed by atoms with Gasteiger partial charge in [0.05, 0.1) is 37.9 Å². The van der Waals surface area contributed by atoms with Gasteiger partial charge in [0.1, 0.15) is 11.8 Å². The van der Waals surface area contributed by atoms with E-state index in [4.69, 9.17) is 9.47 Å². The zero-order chi connectivity index (χ0) is 30.6. The number of methoxy groups -OCH3 is 2. The number of hydrogen-bond acceptors (Lipinski definition) is 6. The van der Waals surface area contributed by atoms with Crippen molar-refractivity contribution in [1.82, 2.24) is 9.78 Å². The van der Waals surface area contributed by atoms with Gasteiger partial charge in [-0.15, -0.1) is 0 Å². The van der Waals surface area contributed by atoms with Crippen LogP contribution in [0.15, 0.2) is 54.9 Å². The van der Waals surface area contributed by atoms with Crippen LogP contribution in [0.5, 0.6) is 5.75 Å². The quantitative estimate of drug-likeness (QED) is 0.246. The Kier molecular flexibility index (Phi) is 9.02. The van der Waals surface area contributed by atoms with E-state index in [-0.39, 0.29) is 23.7 Å². The van der Waals surface area contributed by atoms with Gasteiger partial charge in [-0.05, 0) is 111 Å². The third-order valence-corrected chi connectivity index (χ3v) is 9.99. The minimum atomic E-state index is -0.164. The van der Waals surface area contributed by atoms with Gasteiger partial charge < -0.3 is 14.4 Å². The zero-order valence-corrected chi connectivity index (χ0v) is 25.8. The second-order valence-corrected chi connectivity index (χ2v) is 12.8. The molecule has 1 heterocycles. The second-order valence-electron chi connectivity index (χ2n) is 12.8. The van der Waals surface area contributed by atoms with Gasteiger partial charge in [-0.25, -0.2) is 0 Å². The van der Waals surface area contributed by atoms with Crippen LogP contribution in [-0.4, -0.2) is 42.4 Å². The summed E-state index contributed by atoms with van der Waals surface area (Å²) in [6.45, 7) is 0.680. The number of aromatic nitrogens is 2. The SMILES string of the molecule is COc1ccc([C@H]2CC[C@H](CN(c3cccc(-c4cnn(C5CC5)c4)c3)C(=O)[C@H]3CC[C@H](C(=O)OC)CC3)CC2)cc1C#N. The highest BCUT2D eigenvalue weighted by atomic mass is 16.5. The minimum Gasteiger partial charge on any atom is -0.495 e. The predicted molar refractivity (Wildman–Crippen MR) is 168 cm³/mol. The fourth-order valence-electron chi connectivity index (χ4n) is 7.17. The van der Waals surface area contributed by atoms with Crippen molar-refractivity contribution in [2.45, 2.75) is 76.2 Å². The Bertz CT molecular complexity index is 1520. The van der Waals surface area contributed by atoms with Crippen molar-refractivity contribution in [1.29, 1.82) is 5.26 Å². The summed E-state index contributed by atoms with van der Waals surface area (Å²) in [5.41, 5.74) is 4.83. The van der Waals surface area contributed by atoms with E-state index in [9.17, 15) is 14.9 Å². The fourth-order valence-corrected chi connectivity index (χ4v) is 7.17. The predicted octanol–water partition coefficient (Wildman–Crippen LogP) is 7.05. The first-order valence-corrected chi connectivity index (χ1v) is 16.1. The third-order valence-electron chi connectivity index (χ3n) is 9.99. The molecule has 3 aliphatic carbocycles. The number of anilines is 1. The van der Waals surface area contributed by atoms with Crippen LogP contribution in [-0.2, 0) is 14.3 Å². The number of nitrogens with zero attached hydrogens (tertiary/aromatic N) is 4. The number of rotatable bonds is 9. The van der Waals surface area contributed by atoms with Crippen LogP contribution in [0.2, 0.25) is 0 Å². The molecule has 0 N–H and O–H groups in total. The standard InChI is InChI=1S/C36H42N4O4/c1-43-34-17-14-29(18-30(34)20-37)25-8-6-24(7-9-25)22-39(35(41)26-10-12-27(13-11-26)36(42)44-2)33-5-3-4-28(19-33)31-21-38-40(23-31)32-15-16-32/h3-5,14,17-19,21,23-27,32H,6-13,15-16,22H2,1-2H3/t24-,25-,26-,27-. The summed E-state index contributed by atoms with van der Waals surface area (Å²) in [7, 11) is 3.03. The number of benzene rings is 2. The van der Waals surface area contributed by atoms with E-state index in [2.05, 4.69) is 46.3 Å². The molecule has 0 spiro atoms. The molecule has 8 heteroatoms. The van der Waals surface area contributed by atoms with E-state index in [0.717, 1.165) is 42.5 Å². The fraction of sp³-hybridized carbons (Fsp3) is 0.500. The van der Waals surface area contributed by atoms with Gasteiger partial charge in [-0.2, -0.15) is 10.4 Å². The van der Waals surface area contributed by atoms with E-state index in [1.807, 2.05) is 29.3 Å². The van der Waals surface area contributed by atoms with E-state index in [1.54, 1.807) is 7.11 Å². The van der Waals surface area contributed by atoms with Crippen molar-refractivity contribution in [2.75, 3.05) is 25.7 Å². The van der Waals surface area contributed by atoms with Crippen LogP contribution in [0.25, 0.3) is 11.1 Å². The number of ether oxygens (including phenoxy) is 2. The minimum absolute atomic E-state index is 0.0998. The van der Waals surface area contributed by atoms with Crippen LogP contribution in [0.1, 0.15) is 87.3 Å². The van der Waals surface area contributed by atoms with E-state index in [1.165, 1.54) is 25.5 Å². The van der Waals surface area contributed by atoms with Gasteiger partial charge in [-0.1, -0.05) is 18.2 Å². The monoisotopic (exact) mass is 594 g/mol. The summed E-state index contributed by atoms with van der Waals surface area (Å²) in [5, 5.41) is 14.1. The maximum Gasteiger partial charge on any atom is 0.308 e. The Balaban J connectivity index is 1.19. The first-order valence-electron chi connectivity index (χ1n) is 16.1. The summed E-state index contributed by atoms with van der Waals surface area (Å²) in [6, 6.07) is 17.1. The number of amides is 1. The lowest BCUT2D eigenvalue weighted by molar-refractivity contribution is -0.147. The van der Waals surface area contributed by atoms with Gasteiger partial charge >= 0.3 is 5.97 Å². The molecule has 8 nitrogen and oxygen atoms in total. The van der Waals surface area contributed by atoms with Crippen molar-refractivity contribution >= 4 is 17.6 Å². The molecule has 0 bridgehead atoms. The average Bonchev–Trinajstić information content (AvgIpc) is 3.82. The molecule has 3 saturated carbocycles. The highest BCUT2D eigenvalue weighted by Crippen LogP contribution is 2.40. The van der Waals surface area contributed by atoms with Crippen molar-refractivity contribution in [3.8, 4) is 22.9 Å². The molecule has 3 aliphatic rings. The zero-order valence-electron chi connectivity index (χ0n) is 25.8. The molecule has 44 heavy (non-hydrogen) atoms. The summed E-state index contributed by atoms with van der Waals surface area (Å²) in [6.07, 6.45) is 13.3. The molecule has 0 unspecified atom stereocenters. The molecule has 3 fully saturated rings. The molecule has 0 saturated heterocycles. The Labute approximate surface area is 260 Å². The first-order chi connectivity index (χ1) is 21.5. The van der Waals surface area contributed by atoms with Gasteiger partial charge in [0.15, 0.2) is 0 Å². The highest BCUT2D eigenvalue weighted by Gasteiger charge is 2.35. The second kappa shape index (κ2) is 13.3. The van der Waals surface area contributed by atoms with Crippen LogP contribution >= 0.6 is 0 Å². The largest absolute Gasteiger partial charge is 0.495 e. The number of carbonyl (C=O) groups is 2. The molecular formula is C36H42N4O4.